The van der Waals surface area contributed by atoms with Crippen molar-refractivity contribution in [2.75, 3.05) is 13.1 Å². The molecule has 0 radical (unpaired) electrons. The summed E-state index contributed by atoms with van der Waals surface area (Å²) in [5.74, 6) is 2.57. The summed E-state index contributed by atoms with van der Waals surface area (Å²) in [7, 11) is 0. The van der Waals surface area contributed by atoms with Crippen LogP contribution in [0.4, 0.5) is 0 Å². The fourth-order valence-corrected chi connectivity index (χ4v) is 3.44. The van der Waals surface area contributed by atoms with Gasteiger partial charge in [-0.1, -0.05) is 5.16 Å². The third-order valence-corrected chi connectivity index (χ3v) is 4.97. The molecule has 1 saturated heterocycles. The first-order chi connectivity index (χ1) is 12.6. The second kappa shape index (κ2) is 7.09. The third-order valence-electron chi connectivity index (χ3n) is 4.97. The van der Waals surface area contributed by atoms with Crippen LogP contribution >= 0.6 is 0 Å². The second-order valence-electron chi connectivity index (χ2n) is 6.94. The molecule has 3 aromatic heterocycles. The maximum absolute atomic E-state index is 6.09. The lowest BCUT2D eigenvalue weighted by molar-refractivity contribution is 0.0453. The van der Waals surface area contributed by atoms with E-state index in [9.17, 15) is 0 Å². The molecule has 4 heterocycles. The van der Waals surface area contributed by atoms with Crippen molar-refractivity contribution in [2.45, 2.75) is 46.4 Å². The van der Waals surface area contributed by atoms with Crippen molar-refractivity contribution in [1.29, 1.82) is 0 Å². The van der Waals surface area contributed by atoms with Crippen molar-refractivity contribution in [2.24, 2.45) is 0 Å². The van der Waals surface area contributed by atoms with Gasteiger partial charge in [0.25, 0.3) is 0 Å². The van der Waals surface area contributed by atoms with Crippen LogP contribution in [0.1, 0.15) is 34.8 Å². The Bertz CT molecular complexity index is 860. The number of nitrogens with zero attached hydrogens (tertiary/aromatic N) is 3. The third kappa shape index (κ3) is 3.45. The lowest BCUT2D eigenvalue weighted by Gasteiger charge is -2.16. The summed E-state index contributed by atoms with van der Waals surface area (Å²) in [4.78, 5) is 2.39. The zero-order chi connectivity index (χ0) is 18.1. The number of furan rings is 1. The van der Waals surface area contributed by atoms with Crippen molar-refractivity contribution < 1.29 is 13.7 Å². The maximum Gasteiger partial charge on any atom is 0.152 e. The standard InChI is InChI=1S/C19H24N4O3/c1-12-4-5-18(25-12)19-15(8-20-21-19)9-23-7-6-16(10-23)24-11-17-13(2)22-26-14(17)3/h4-5,8,16H,6-7,9-11H2,1-3H3,(H,20,21). The molecule has 7 heteroatoms. The smallest absolute Gasteiger partial charge is 0.152 e. The number of hydrogen-bond donors (Lipinski definition) is 1. The molecule has 1 atom stereocenters. The number of likely N-dealkylation sites (tertiary alicyclic amines) is 1. The van der Waals surface area contributed by atoms with Gasteiger partial charge in [0.2, 0.25) is 0 Å². The van der Waals surface area contributed by atoms with Gasteiger partial charge in [-0.25, -0.2) is 0 Å². The average Bonchev–Trinajstić information content (AvgIpc) is 3.38. The van der Waals surface area contributed by atoms with Crippen LogP contribution in [0, 0.1) is 20.8 Å². The summed E-state index contributed by atoms with van der Waals surface area (Å²) >= 11 is 0. The van der Waals surface area contributed by atoms with E-state index in [0.29, 0.717) is 6.61 Å². The summed E-state index contributed by atoms with van der Waals surface area (Å²) in [5, 5.41) is 11.2. The molecule has 26 heavy (non-hydrogen) atoms. The highest BCUT2D eigenvalue weighted by atomic mass is 16.5. The Kier molecular flexibility index (Phi) is 4.65. The number of nitrogens with one attached hydrogen (secondary N) is 1. The normalized spacial score (nSPS) is 18.0. The predicted octanol–water partition coefficient (Wildman–Crippen LogP) is 3.37. The molecular weight excluding hydrogens is 332 g/mol. The molecule has 1 aliphatic rings. The van der Waals surface area contributed by atoms with Crippen LogP contribution in [0.15, 0.2) is 27.3 Å². The second-order valence-corrected chi connectivity index (χ2v) is 6.94. The molecular formula is C19H24N4O3. The number of rotatable bonds is 6. The lowest BCUT2D eigenvalue weighted by Crippen LogP contribution is -2.23. The van der Waals surface area contributed by atoms with E-state index in [-0.39, 0.29) is 6.10 Å². The Labute approximate surface area is 152 Å². The van der Waals surface area contributed by atoms with Crippen LogP contribution in [0.25, 0.3) is 11.5 Å². The molecule has 7 nitrogen and oxygen atoms in total. The van der Waals surface area contributed by atoms with Crippen LogP contribution in [0.5, 0.6) is 0 Å². The summed E-state index contributed by atoms with van der Waals surface area (Å²) in [6, 6.07) is 3.94. The number of hydrogen-bond acceptors (Lipinski definition) is 6. The van der Waals surface area contributed by atoms with E-state index in [1.165, 1.54) is 0 Å². The fraction of sp³-hybridized carbons (Fsp3) is 0.474. The van der Waals surface area contributed by atoms with Crippen molar-refractivity contribution in [3.8, 4) is 11.5 Å². The number of aromatic amines is 1. The summed E-state index contributed by atoms with van der Waals surface area (Å²) in [6.45, 7) is 9.13. The molecule has 1 unspecified atom stereocenters. The van der Waals surface area contributed by atoms with Crippen LogP contribution in [0.2, 0.25) is 0 Å². The molecule has 3 aromatic rings. The molecule has 1 fully saturated rings. The van der Waals surface area contributed by atoms with E-state index in [1.807, 2.05) is 39.1 Å². The van der Waals surface area contributed by atoms with E-state index in [1.54, 1.807) is 0 Å². The van der Waals surface area contributed by atoms with Gasteiger partial charge in [-0.3, -0.25) is 10.00 Å². The topological polar surface area (TPSA) is 80.3 Å². The molecule has 138 valence electrons. The van der Waals surface area contributed by atoms with Gasteiger partial charge in [-0.15, -0.1) is 0 Å². The van der Waals surface area contributed by atoms with E-state index < -0.39 is 0 Å². The number of aryl methyl sites for hydroxylation is 3. The number of aromatic nitrogens is 3. The molecule has 1 aliphatic heterocycles. The minimum absolute atomic E-state index is 0.227. The van der Waals surface area contributed by atoms with E-state index in [2.05, 4.69) is 20.3 Å². The summed E-state index contributed by atoms with van der Waals surface area (Å²) < 4.78 is 17.0. The van der Waals surface area contributed by atoms with Crippen LogP contribution in [-0.2, 0) is 17.9 Å². The van der Waals surface area contributed by atoms with E-state index >= 15 is 0 Å². The highest BCUT2D eigenvalue weighted by Crippen LogP contribution is 2.26. The molecule has 0 saturated carbocycles. The van der Waals surface area contributed by atoms with Crippen molar-refractivity contribution in [3.63, 3.8) is 0 Å². The molecule has 0 amide bonds. The molecule has 0 aliphatic carbocycles. The van der Waals surface area contributed by atoms with Crippen LogP contribution in [-0.4, -0.2) is 39.4 Å². The highest BCUT2D eigenvalue weighted by Gasteiger charge is 2.25. The van der Waals surface area contributed by atoms with Crippen molar-refractivity contribution >= 4 is 0 Å². The summed E-state index contributed by atoms with van der Waals surface area (Å²) in [6.07, 6.45) is 3.13. The first-order valence-electron chi connectivity index (χ1n) is 8.95. The molecule has 0 bridgehead atoms. The Morgan fingerprint density at radius 2 is 2.19 bits per heavy atom. The lowest BCUT2D eigenvalue weighted by atomic mass is 10.2. The van der Waals surface area contributed by atoms with Gasteiger partial charge in [0.15, 0.2) is 5.76 Å². The quantitative estimate of drug-likeness (QED) is 0.729. The van der Waals surface area contributed by atoms with Crippen LogP contribution < -0.4 is 0 Å². The number of ether oxygens (including phenoxy) is 1. The van der Waals surface area contributed by atoms with Gasteiger partial charge in [0, 0.05) is 30.8 Å². The van der Waals surface area contributed by atoms with Crippen molar-refractivity contribution in [3.05, 3.63) is 46.7 Å². The van der Waals surface area contributed by atoms with Gasteiger partial charge >= 0.3 is 0 Å². The maximum atomic E-state index is 6.09. The minimum Gasteiger partial charge on any atom is -0.460 e. The Hall–Kier alpha value is -2.38. The zero-order valence-corrected chi connectivity index (χ0v) is 15.4. The largest absolute Gasteiger partial charge is 0.460 e. The predicted molar refractivity (Wildman–Crippen MR) is 95.5 cm³/mol. The first-order valence-corrected chi connectivity index (χ1v) is 8.95. The van der Waals surface area contributed by atoms with Gasteiger partial charge in [-0.05, 0) is 39.3 Å². The SMILES string of the molecule is Cc1ccc(-c2[nH]ncc2CN2CCC(OCc3c(C)noc3C)C2)o1. The van der Waals surface area contributed by atoms with Gasteiger partial charge in [0.05, 0.1) is 24.6 Å². The Morgan fingerprint density at radius 1 is 1.31 bits per heavy atom. The molecule has 0 aromatic carbocycles. The Morgan fingerprint density at radius 3 is 2.92 bits per heavy atom. The van der Waals surface area contributed by atoms with E-state index in [0.717, 1.165) is 65.9 Å². The average molecular weight is 356 g/mol. The number of H-pyrrole nitrogens is 1. The van der Waals surface area contributed by atoms with Gasteiger partial charge < -0.3 is 13.7 Å². The minimum atomic E-state index is 0.227. The highest BCUT2D eigenvalue weighted by molar-refractivity contribution is 5.56. The first kappa shape index (κ1) is 17.1. The zero-order valence-electron chi connectivity index (χ0n) is 15.4. The van der Waals surface area contributed by atoms with E-state index in [4.69, 9.17) is 13.7 Å². The summed E-state index contributed by atoms with van der Waals surface area (Å²) in [5.41, 5.74) is 4.08. The molecule has 1 N–H and O–H groups in total. The Balaban J connectivity index is 1.35. The molecule has 4 rings (SSSR count). The molecule has 0 spiro atoms. The van der Waals surface area contributed by atoms with Gasteiger partial charge in [-0.2, -0.15) is 5.10 Å². The monoisotopic (exact) mass is 356 g/mol. The van der Waals surface area contributed by atoms with Gasteiger partial charge in [0.1, 0.15) is 17.2 Å². The van der Waals surface area contributed by atoms with Crippen LogP contribution in [0.3, 0.4) is 0 Å². The van der Waals surface area contributed by atoms with Crippen molar-refractivity contribution in [1.82, 2.24) is 20.3 Å². The fourth-order valence-electron chi connectivity index (χ4n) is 3.44.